The van der Waals surface area contributed by atoms with E-state index in [0.717, 1.165) is 17.7 Å². The smallest absolute Gasteiger partial charge is 0.265 e. The third-order valence-electron chi connectivity index (χ3n) is 4.10. The number of hydrogen-bond donors (Lipinski definition) is 1. The molecule has 0 aliphatic rings. The van der Waals surface area contributed by atoms with Gasteiger partial charge in [0, 0.05) is 5.69 Å². The Labute approximate surface area is 153 Å². The number of ether oxygens (including phenoxy) is 1. The molecular formula is C20H21ClN2O2. The molecule has 5 heteroatoms. The molecule has 0 aromatic heterocycles. The van der Waals surface area contributed by atoms with Crippen LogP contribution >= 0.6 is 11.6 Å². The lowest BCUT2D eigenvalue weighted by Gasteiger charge is -2.19. The van der Waals surface area contributed by atoms with Crippen LogP contribution in [0.1, 0.15) is 44.2 Å². The fourth-order valence-electron chi connectivity index (χ4n) is 2.40. The largest absolute Gasteiger partial charge is 0.479 e. The minimum absolute atomic E-state index is 0.254. The molecule has 0 fully saturated rings. The van der Waals surface area contributed by atoms with Gasteiger partial charge in [0.15, 0.2) is 6.10 Å². The molecule has 0 saturated carbocycles. The highest BCUT2D eigenvalue weighted by atomic mass is 35.5. The van der Waals surface area contributed by atoms with Gasteiger partial charge in [-0.2, -0.15) is 5.26 Å². The average Bonchev–Trinajstić information content (AvgIpc) is 2.63. The molecule has 130 valence electrons. The van der Waals surface area contributed by atoms with E-state index in [2.05, 4.69) is 19.2 Å². The van der Waals surface area contributed by atoms with Gasteiger partial charge in [0.05, 0.1) is 16.7 Å². The van der Waals surface area contributed by atoms with Crippen LogP contribution in [0, 0.1) is 11.3 Å². The zero-order valence-electron chi connectivity index (χ0n) is 14.5. The quantitative estimate of drug-likeness (QED) is 0.780. The maximum absolute atomic E-state index is 12.5. The molecule has 2 aromatic rings. The number of nitrogens with one attached hydrogen (secondary N) is 1. The number of benzene rings is 2. The summed E-state index contributed by atoms with van der Waals surface area (Å²) in [4.78, 5) is 12.5. The predicted octanol–water partition coefficient (Wildman–Crippen LogP) is 5.13. The zero-order valence-corrected chi connectivity index (χ0v) is 15.3. The van der Waals surface area contributed by atoms with Gasteiger partial charge in [0.2, 0.25) is 0 Å². The first-order chi connectivity index (χ1) is 12.0. The Bertz CT molecular complexity index is 799. The molecule has 0 aliphatic carbocycles. The van der Waals surface area contributed by atoms with Gasteiger partial charge in [0.1, 0.15) is 5.75 Å². The van der Waals surface area contributed by atoms with Gasteiger partial charge in [-0.05, 0) is 49.1 Å². The van der Waals surface area contributed by atoms with Crippen molar-refractivity contribution in [1.82, 2.24) is 0 Å². The van der Waals surface area contributed by atoms with Crippen molar-refractivity contribution >= 4 is 23.2 Å². The lowest BCUT2D eigenvalue weighted by atomic mass is 9.97. The van der Waals surface area contributed by atoms with Crippen LogP contribution in [-0.2, 0) is 4.79 Å². The molecule has 0 heterocycles. The minimum atomic E-state index is -0.726. The maximum Gasteiger partial charge on any atom is 0.265 e. The number of nitrogens with zero attached hydrogens (tertiary/aromatic N) is 1. The van der Waals surface area contributed by atoms with Crippen molar-refractivity contribution in [2.24, 2.45) is 0 Å². The number of hydrogen-bond acceptors (Lipinski definition) is 3. The van der Waals surface area contributed by atoms with Crippen LogP contribution in [0.4, 0.5) is 5.69 Å². The number of carbonyl (C=O) groups excluding carboxylic acids is 1. The van der Waals surface area contributed by atoms with Gasteiger partial charge in [-0.15, -0.1) is 0 Å². The van der Waals surface area contributed by atoms with Crippen molar-refractivity contribution in [2.45, 2.75) is 39.2 Å². The van der Waals surface area contributed by atoms with Gasteiger partial charge in [0.25, 0.3) is 5.91 Å². The lowest BCUT2D eigenvalue weighted by Crippen LogP contribution is -2.30. The van der Waals surface area contributed by atoms with E-state index in [0.29, 0.717) is 22.3 Å². The van der Waals surface area contributed by atoms with Crippen molar-refractivity contribution in [3.8, 4) is 11.8 Å². The summed E-state index contributed by atoms with van der Waals surface area (Å²) in [6, 6.07) is 14.5. The molecule has 4 nitrogen and oxygen atoms in total. The molecule has 0 unspecified atom stereocenters. The fourth-order valence-corrected chi connectivity index (χ4v) is 2.63. The van der Waals surface area contributed by atoms with Crippen molar-refractivity contribution in [3.63, 3.8) is 0 Å². The number of nitriles is 1. The summed E-state index contributed by atoms with van der Waals surface area (Å²) in [7, 11) is 0. The monoisotopic (exact) mass is 356 g/mol. The summed E-state index contributed by atoms with van der Waals surface area (Å²) in [5.41, 5.74) is 2.34. The Balaban J connectivity index is 2.10. The first-order valence-electron chi connectivity index (χ1n) is 8.22. The molecule has 2 atom stereocenters. The van der Waals surface area contributed by atoms with Crippen LogP contribution in [0.2, 0.25) is 5.02 Å². The lowest BCUT2D eigenvalue weighted by molar-refractivity contribution is -0.122. The van der Waals surface area contributed by atoms with Crippen molar-refractivity contribution < 1.29 is 9.53 Å². The van der Waals surface area contributed by atoms with Gasteiger partial charge < -0.3 is 10.1 Å². The van der Waals surface area contributed by atoms with Gasteiger partial charge in [-0.3, -0.25) is 4.79 Å². The number of anilines is 1. The number of rotatable bonds is 6. The Hall–Kier alpha value is -2.51. The average molecular weight is 357 g/mol. The van der Waals surface area contributed by atoms with Crippen LogP contribution in [0.3, 0.4) is 0 Å². The molecule has 0 aliphatic heterocycles. The summed E-state index contributed by atoms with van der Waals surface area (Å²) in [6.45, 7) is 5.90. The van der Waals surface area contributed by atoms with E-state index in [4.69, 9.17) is 21.6 Å². The van der Waals surface area contributed by atoms with E-state index in [9.17, 15) is 4.79 Å². The second-order valence-corrected chi connectivity index (χ2v) is 6.31. The molecule has 0 radical (unpaired) electrons. The van der Waals surface area contributed by atoms with Gasteiger partial charge >= 0.3 is 0 Å². The standard InChI is InChI=1S/C20H21ClN2O2/c1-4-13(2)16-7-5-6-8-18(16)23-20(24)14(3)25-19-10-9-15(12-22)11-17(19)21/h5-11,13-14H,4H2,1-3H3,(H,23,24)/t13-,14-/m0/s1. The Morgan fingerprint density at radius 3 is 2.64 bits per heavy atom. The SMILES string of the molecule is CC[C@H](C)c1ccccc1NC(=O)[C@H](C)Oc1ccc(C#N)cc1Cl. The second kappa shape index (κ2) is 8.55. The molecule has 2 aromatic carbocycles. The summed E-state index contributed by atoms with van der Waals surface area (Å²) < 4.78 is 5.65. The third-order valence-corrected chi connectivity index (χ3v) is 4.39. The van der Waals surface area contributed by atoms with Crippen molar-refractivity contribution in [1.29, 1.82) is 5.26 Å². The minimum Gasteiger partial charge on any atom is -0.479 e. The fraction of sp³-hybridized carbons (Fsp3) is 0.300. The Kier molecular flexibility index (Phi) is 6.44. The number of para-hydroxylation sites is 1. The van der Waals surface area contributed by atoms with Gasteiger partial charge in [-0.25, -0.2) is 0 Å². The van der Waals surface area contributed by atoms with E-state index < -0.39 is 6.10 Å². The number of carbonyl (C=O) groups is 1. The van der Waals surface area contributed by atoms with Crippen molar-refractivity contribution in [3.05, 3.63) is 58.6 Å². The van der Waals surface area contributed by atoms with Crippen LogP contribution < -0.4 is 10.1 Å². The molecule has 1 N–H and O–H groups in total. The summed E-state index contributed by atoms with van der Waals surface area (Å²) in [5.74, 6) is 0.468. The van der Waals surface area contributed by atoms with Crippen molar-refractivity contribution in [2.75, 3.05) is 5.32 Å². The summed E-state index contributed by atoms with van der Waals surface area (Å²) in [6.07, 6.45) is 0.259. The highest BCUT2D eigenvalue weighted by Crippen LogP contribution is 2.28. The predicted molar refractivity (Wildman–Crippen MR) is 100 cm³/mol. The van der Waals surface area contributed by atoms with Crippen LogP contribution in [0.5, 0.6) is 5.75 Å². The highest BCUT2D eigenvalue weighted by Gasteiger charge is 2.18. The molecule has 1 amide bonds. The van der Waals surface area contributed by atoms with E-state index in [1.165, 1.54) is 6.07 Å². The summed E-state index contributed by atoms with van der Waals surface area (Å²) >= 11 is 6.09. The molecule has 25 heavy (non-hydrogen) atoms. The van der Waals surface area contributed by atoms with E-state index in [-0.39, 0.29) is 5.91 Å². The third kappa shape index (κ3) is 4.74. The highest BCUT2D eigenvalue weighted by molar-refractivity contribution is 6.32. The summed E-state index contributed by atoms with van der Waals surface area (Å²) in [5, 5.41) is 12.1. The first-order valence-corrected chi connectivity index (χ1v) is 8.60. The zero-order chi connectivity index (χ0) is 18.4. The van der Waals surface area contributed by atoms with Gasteiger partial charge in [-0.1, -0.05) is 43.6 Å². The van der Waals surface area contributed by atoms with Crippen LogP contribution in [0.15, 0.2) is 42.5 Å². The number of halogens is 1. The molecule has 0 saturated heterocycles. The molecule has 2 rings (SSSR count). The molecule has 0 bridgehead atoms. The van der Waals surface area contributed by atoms with Crippen LogP contribution in [-0.4, -0.2) is 12.0 Å². The molecular weight excluding hydrogens is 336 g/mol. The normalized spacial score (nSPS) is 12.8. The molecule has 0 spiro atoms. The second-order valence-electron chi connectivity index (χ2n) is 5.90. The maximum atomic E-state index is 12.5. The van der Waals surface area contributed by atoms with Crippen LogP contribution in [0.25, 0.3) is 0 Å². The Morgan fingerprint density at radius 2 is 2.00 bits per heavy atom. The van der Waals surface area contributed by atoms with E-state index in [1.54, 1.807) is 19.1 Å². The van der Waals surface area contributed by atoms with E-state index in [1.807, 2.05) is 30.3 Å². The first kappa shape index (κ1) is 18.8. The number of amides is 1. The Morgan fingerprint density at radius 1 is 1.28 bits per heavy atom. The topological polar surface area (TPSA) is 62.1 Å². The van der Waals surface area contributed by atoms with E-state index >= 15 is 0 Å².